The van der Waals surface area contributed by atoms with Gasteiger partial charge in [0.2, 0.25) is 0 Å². The SMILES string of the molecule is CC(C)CC(C)N(C)C(C)C(C)O. The van der Waals surface area contributed by atoms with E-state index in [2.05, 4.69) is 39.6 Å². The number of hydrogen-bond donors (Lipinski definition) is 1. The Kier molecular flexibility index (Phi) is 5.57. The van der Waals surface area contributed by atoms with E-state index in [4.69, 9.17) is 0 Å². The van der Waals surface area contributed by atoms with E-state index in [1.54, 1.807) is 0 Å². The van der Waals surface area contributed by atoms with Crippen LogP contribution in [0.5, 0.6) is 0 Å². The summed E-state index contributed by atoms with van der Waals surface area (Å²) in [6.07, 6.45) is 0.938. The molecule has 2 nitrogen and oxygen atoms in total. The van der Waals surface area contributed by atoms with E-state index in [1.165, 1.54) is 6.42 Å². The molecule has 3 atom stereocenters. The molecule has 80 valence electrons. The molecule has 2 heteroatoms. The van der Waals surface area contributed by atoms with Gasteiger partial charge in [0, 0.05) is 12.1 Å². The fraction of sp³-hybridized carbons (Fsp3) is 1.00. The highest BCUT2D eigenvalue weighted by atomic mass is 16.3. The van der Waals surface area contributed by atoms with Crippen molar-refractivity contribution in [3.05, 3.63) is 0 Å². The van der Waals surface area contributed by atoms with Gasteiger partial charge in [-0.05, 0) is 40.2 Å². The second-order valence-corrected chi connectivity index (χ2v) is 4.63. The molecule has 0 bridgehead atoms. The zero-order chi connectivity index (χ0) is 10.6. The molecule has 1 N–H and O–H groups in total. The van der Waals surface area contributed by atoms with Crippen molar-refractivity contribution in [1.29, 1.82) is 0 Å². The predicted octanol–water partition coefficient (Wildman–Crippen LogP) is 2.12. The van der Waals surface area contributed by atoms with Crippen molar-refractivity contribution >= 4 is 0 Å². The molecular weight excluding hydrogens is 162 g/mol. The normalized spacial score (nSPS) is 19.2. The molecule has 0 aliphatic heterocycles. The first-order valence-corrected chi connectivity index (χ1v) is 5.26. The molecule has 0 spiro atoms. The van der Waals surface area contributed by atoms with Crippen LogP contribution in [0, 0.1) is 5.92 Å². The number of rotatable bonds is 5. The van der Waals surface area contributed by atoms with Gasteiger partial charge in [-0.15, -0.1) is 0 Å². The lowest BCUT2D eigenvalue weighted by Gasteiger charge is -2.33. The fourth-order valence-electron chi connectivity index (χ4n) is 1.59. The van der Waals surface area contributed by atoms with Crippen LogP contribution in [0.15, 0.2) is 0 Å². The second kappa shape index (κ2) is 5.61. The van der Waals surface area contributed by atoms with Crippen LogP contribution in [0.4, 0.5) is 0 Å². The lowest BCUT2D eigenvalue weighted by molar-refractivity contribution is 0.0602. The Labute approximate surface area is 82.9 Å². The summed E-state index contributed by atoms with van der Waals surface area (Å²) in [5, 5.41) is 9.43. The van der Waals surface area contributed by atoms with Crippen LogP contribution in [0.2, 0.25) is 0 Å². The lowest BCUT2D eigenvalue weighted by atomic mass is 10.0. The minimum atomic E-state index is -0.250. The first kappa shape index (κ1) is 12.9. The third-order valence-corrected chi connectivity index (χ3v) is 2.85. The summed E-state index contributed by atoms with van der Waals surface area (Å²) < 4.78 is 0. The maximum atomic E-state index is 9.43. The summed E-state index contributed by atoms with van der Waals surface area (Å²) in [5.74, 6) is 0.721. The van der Waals surface area contributed by atoms with Gasteiger partial charge in [0.15, 0.2) is 0 Å². The molecule has 0 radical (unpaired) electrons. The first-order chi connectivity index (χ1) is 5.86. The summed E-state index contributed by atoms with van der Waals surface area (Å²) >= 11 is 0. The quantitative estimate of drug-likeness (QED) is 0.712. The van der Waals surface area contributed by atoms with Gasteiger partial charge in [-0.25, -0.2) is 0 Å². The lowest BCUT2D eigenvalue weighted by Crippen LogP contribution is -2.43. The number of aliphatic hydroxyl groups excluding tert-OH is 1. The van der Waals surface area contributed by atoms with Crippen LogP contribution in [0.3, 0.4) is 0 Å². The number of nitrogens with zero attached hydrogens (tertiary/aromatic N) is 1. The molecular formula is C11H25NO. The van der Waals surface area contributed by atoms with Crippen molar-refractivity contribution in [2.75, 3.05) is 7.05 Å². The Bertz CT molecular complexity index is 134. The minimum Gasteiger partial charge on any atom is -0.392 e. The highest BCUT2D eigenvalue weighted by Gasteiger charge is 2.19. The van der Waals surface area contributed by atoms with Crippen molar-refractivity contribution in [3.8, 4) is 0 Å². The summed E-state index contributed by atoms with van der Waals surface area (Å²) in [4.78, 5) is 2.25. The van der Waals surface area contributed by atoms with Crippen molar-refractivity contribution in [1.82, 2.24) is 4.90 Å². The van der Waals surface area contributed by atoms with Crippen molar-refractivity contribution in [3.63, 3.8) is 0 Å². The van der Waals surface area contributed by atoms with Crippen molar-refractivity contribution in [2.24, 2.45) is 5.92 Å². The van der Waals surface area contributed by atoms with Gasteiger partial charge < -0.3 is 5.11 Å². The van der Waals surface area contributed by atoms with Crippen LogP contribution < -0.4 is 0 Å². The molecule has 0 aromatic rings. The summed E-state index contributed by atoms with van der Waals surface area (Å²) in [6, 6.07) is 0.790. The molecule has 0 saturated carbocycles. The third kappa shape index (κ3) is 4.63. The third-order valence-electron chi connectivity index (χ3n) is 2.85. The average molecular weight is 187 g/mol. The fourth-order valence-corrected chi connectivity index (χ4v) is 1.59. The van der Waals surface area contributed by atoms with Crippen molar-refractivity contribution < 1.29 is 5.11 Å². The second-order valence-electron chi connectivity index (χ2n) is 4.63. The molecule has 0 aromatic carbocycles. The van der Waals surface area contributed by atoms with E-state index in [0.29, 0.717) is 6.04 Å². The van der Waals surface area contributed by atoms with Gasteiger partial charge in [-0.2, -0.15) is 0 Å². The maximum absolute atomic E-state index is 9.43. The highest BCUT2D eigenvalue weighted by molar-refractivity contribution is 4.74. The smallest absolute Gasteiger partial charge is 0.0664 e. The van der Waals surface area contributed by atoms with Crippen LogP contribution in [-0.2, 0) is 0 Å². The molecule has 0 fully saturated rings. The largest absolute Gasteiger partial charge is 0.392 e. The average Bonchev–Trinajstić information content (AvgIpc) is 2.00. The maximum Gasteiger partial charge on any atom is 0.0664 e. The van der Waals surface area contributed by atoms with Crippen LogP contribution in [0.25, 0.3) is 0 Å². The molecule has 3 unspecified atom stereocenters. The molecule has 0 amide bonds. The first-order valence-electron chi connectivity index (χ1n) is 5.26. The molecule has 0 aromatic heterocycles. The van der Waals surface area contributed by atoms with E-state index >= 15 is 0 Å². The van der Waals surface area contributed by atoms with E-state index in [1.807, 2.05) is 6.92 Å². The Morgan fingerprint density at radius 2 is 1.54 bits per heavy atom. The standard InChI is InChI=1S/C11H25NO/c1-8(2)7-9(3)12(6)10(4)11(5)13/h8-11,13H,7H2,1-6H3. The number of hydrogen-bond acceptors (Lipinski definition) is 2. The molecule has 13 heavy (non-hydrogen) atoms. The van der Waals surface area contributed by atoms with E-state index < -0.39 is 0 Å². The summed E-state index contributed by atoms with van der Waals surface area (Å²) in [6.45, 7) is 10.6. The van der Waals surface area contributed by atoms with Crippen LogP contribution >= 0.6 is 0 Å². The molecule has 0 aliphatic rings. The van der Waals surface area contributed by atoms with Gasteiger partial charge in [0.05, 0.1) is 6.10 Å². The molecule has 0 aliphatic carbocycles. The topological polar surface area (TPSA) is 23.5 Å². The van der Waals surface area contributed by atoms with E-state index in [9.17, 15) is 5.11 Å². The summed E-state index contributed by atoms with van der Waals surface area (Å²) in [7, 11) is 2.09. The zero-order valence-corrected chi connectivity index (χ0v) is 9.91. The van der Waals surface area contributed by atoms with Gasteiger partial charge in [-0.3, -0.25) is 4.90 Å². The Balaban J connectivity index is 4.01. The van der Waals surface area contributed by atoms with Gasteiger partial charge in [0.25, 0.3) is 0 Å². The molecule has 0 rings (SSSR count). The minimum absolute atomic E-state index is 0.244. The zero-order valence-electron chi connectivity index (χ0n) is 9.91. The Morgan fingerprint density at radius 3 is 1.85 bits per heavy atom. The Hall–Kier alpha value is -0.0800. The number of likely N-dealkylation sites (N-methyl/N-ethyl adjacent to an activating group) is 1. The van der Waals surface area contributed by atoms with E-state index in [-0.39, 0.29) is 12.1 Å². The van der Waals surface area contributed by atoms with Crippen molar-refractivity contribution in [2.45, 2.75) is 59.2 Å². The van der Waals surface area contributed by atoms with Crippen LogP contribution in [0.1, 0.15) is 41.0 Å². The van der Waals surface area contributed by atoms with E-state index in [0.717, 1.165) is 5.92 Å². The highest BCUT2D eigenvalue weighted by Crippen LogP contribution is 2.13. The molecule has 0 heterocycles. The Morgan fingerprint density at radius 1 is 1.08 bits per heavy atom. The molecule has 0 saturated heterocycles. The van der Waals surface area contributed by atoms with Crippen LogP contribution in [-0.4, -0.2) is 35.2 Å². The predicted molar refractivity (Wildman–Crippen MR) is 57.8 cm³/mol. The number of aliphatic hydroxyl groups is 1. The van der Waals surface area contributed by atoms with Gasteiger partial charge >= 0.3 is 0 Å². The van der Waals surface area contributed by atoms with Gasteiger partial charge in [0.1, 0.15) is 0 Å². The summed E-state index contributed by atoms with van der Waals surface area (Å²) in [5.41, 5.74) is 0. The monoisotopic (exact) mass is 187 g/mol. The van der Waals surface area contributed by atoms with Gasteiger partial charge in [-0.1, -0.05) is 13.8 Å².